The molecule has 0 saturated heterocycles. The van der Waals surface area contributed by atoms with Crippen molar-refractivity contribution in [2.45, 2.75) is 12.4 Å². The molecule has 0 amide bonds. The molecule has 94 valence electrons. The Bertz CT molecular complexity index is 302. The molecule has 8 nitrogen and oxygen atoms in total. The molecule has 0 aromatic heterocycles. The lowest BCUT2D eigenvalue weighted by Crippen LogP contribution is -2.20. The Kier molecular flexibility index (Phi) is 7.79. The van der Waals surface area contributed by atoms with E-state index in [9.17, 15) is 13.9 Å². The second-order valence-corrected chi connectivity index (χ2v) is 7.98. The van der Waals surface area contributed by atoms with Gasteiger partial charge in [-0.3, -0.25) is 4.55 Å². The summed E-state index contributed by atoms with van der Waals surface area (Å²) in [6.07, 6.45) is 0. The zero-order valence-electron chi connectivity index (χ0n) is 7.88. The molecular weight excluding hydrogens is 302 g/mol. The lowest BCUT2D eigenvalue weighted by Gasteiger charge is -2.09. The fourth-order valence-electron chi connectivity index (χ4n) is 0.538. The van der Waals surface area contributed by atoms with Crippen LogP contribution in [0.2, 0.25) is 0 Å². The van der Waals surface area contributed by atoms with Gasteiger partial charge in [-0.2, -0.15) is 0 Å². The molecule has 0 spiro atoms. The van der Waals surface area contributed by atoms with Crippen molar-refractivity contribution in [3.05, 3.63) is 0 Å². The number of ether oxygens (including phenoxy) is 1. The maximum atomic E-state index is 11.1. The zero-order valence-corrected chi connectivity index (χ0v) is 11.3. The van der Waals surface area contributed by atoms with E-state index < -0.39 is 25.4 Å². The predicted molar refractivity (Wildman–Crippen MR) is 59.0 cm³/mol. The normalized spacial score (nSPS) is 14.4. The average Bonchev–Trinajstić information content (AvgIpc) is 2.14. The highest BCUT2D eigenvalue weighted by atomic mass is 32.7. The molecule has 0 aromatic rings. The Hall–Kier alpha value is 0.340. The summed E-state index contributed by atoms with van der Waals surface area (Å²) in [6.45, 7) is -3.13. The van der Waals surface area contributed by atoms with E-state index in [0.717, 1.165) is 0 Å². The summed E-state index contributed by atoms with van der Waals surface area (Å²) in [6, 6.07) is 0. The molecule has 0 aliphatic carbocycles. The van der Waals surface area contributed by atoms with Crippen molar-refractivity contribution in [1.29, 1.82) is 0 Å². The first kappa shape index (κ1) is 16.3. The van der Waals surface area contributed by atoms with Gasteiger partial charge in [0.1, 0.15) is 0 Å². The van der Waals surface area contributed by atoms with Gasteiger partial charge in [-0.05, 0) is 11.5 Å². The minimum Gasteiger partial charge on any atom is -0.463 e. The smallest absolute Gasteiger partial charge is 0.463 e. The highest BCUT2D eigenvalue weighted by Gasteiger charge is 2.39. The Labute approximate surface area is 99.8 Å². The molecular formula is C4H9O8P2S2+. The molecule has 3 N–H and O–H groups in total. The van der Waals surface area contributed by atoms with Gasteiger partial charge in [-0.1, -0.05) is 0 Å². The maximum Gasteiger partial charge on any atom is 0.617 e. The molecule has 0 aliphatic rings. The number of rotatable bonds is 7. The Morgan fingerprint density at radius 2 is 2.12 bits per heavy atom. The molecule has 16 heavy (non-hydrogen) atoms. The van der Waals surface area contributed by atoms with E-state index in [1.807, 2.05) is 0 Å². The topological polar surface area (TPSA) is 130 Å². The highest BCUT2D eigenvalue weighted by molar-refractivity contribution is 8.55. The van der Waals surface area contributed by atoms with Crippen molar-refractivity contribution in [2.24, 2.45) is 0 Å². The molecule has 0 bridgehead atoms. The first-order valence-electron chi connectivity index (χ1n) is 3.66. The van der Waals surface area contributed by atoms with Crippen LogP contribution in [0.4, 0.5) is 0 Å². The van der Waals surface area contributed by atoms with E-state index in [1.165, 1.54) is 6.92 Å². The lowest BCUT2D eigenvalue weighted by molar-refractivity contribution is -0.146. The van der Waals surface area contributed by atoms with Gasteiger partial charge in [0.25, 0.3) is 5.44 Å². The van der Waals surface area contributed by atoms with Crippen LogP contribution in [-0.4, -0.2) is 32.4 Å². The molecule has 0 aliphatic heterocycles. The minimum absolute atomic E-state index is 0.0243. The minimum atomic E-state index is -4.59. The van der Waals surface area contributed by atoms with Crippen molar-refractivity contribution in [2.75, 3.05) is 6.61 Å². The SMILES string of the molecule is CCOC(=O)C(O[P+](=O)SO)SP(=O)(O)O. The second kappa shape index (κ2) is 7.62. The first-order chi connectivity index (χ1) is 7.30. The van der Waals surface area contributed by atoms with Crippen LogP contribution >= 0.6 is 37.1 Å². The van der Waals surface area contributed by atoms with Gasteiger partial charge < -0.3 is 14.5 Å². The summed E-state index contributed by atoms with van der Waals surface area (Å²) >= 11 is -0.317. The standard InChI is InChI=1S/C4H8O8P2S2/c1-2-11-3(5)4(12-13(6)16-10)15-14(7,8)9/h4H,2H2,1H3,(H2-,7,8,9,10)/p+1. The van der Waals surface area contributed by atoms with Gasteiger partial charge in [-0.15, -0.1) is 4.52 Å². The van der Waals surface area contributed by atoms with Crippen LogP contribution in [-0.2, 0) is 23.2 Å². The van der Waals surface area contributed by atoms with E-state index in [-0.39, 0.29) is 29.7 Å². The molecule has 2 unspecified atom stereocenters. The third kappa shape index (κ3) is 7.59. The summed E-state index contributed by atoms with van der Waals surface area (Å²) < 4.78 is 38.6. The van der Waals surface area contributed by atoms with Crippen LogP contribution in [0.25, 0.3) is 0 Å². The van der Waals surface area contributed by atoms with Crippen LogP contribution < -0.4 is 0 Å². The number of hydrogen-bond donors (Lipinski definition) is 3. The zero-order chi connectivity index (χ0) is 12.8. The first-order valence-corrected chi connectivity index (χ1v) is 9.31. The monoisotopic (exact) mass is 311 g/mol. The number of carbonyl (C=O) groups is 1. The summed E-state index contributed by atoms with van der Waals surface area (Å²) in [7, 11) is -2.66. The fourth-order valence-corrected chi connectivity index (χ4v) is 3.50. The molecule has 0 radical (unpaired) electrons. The summed E-state index contributed by atoms with van der Waals surface area (Å²) in [5.41, 5.74) is -1.75. The third-order valence-corrected chi connectivity index (χ3v) is 4.43. The Morgan fingerprint density at radius 1 is 1.56 bits per heavy atom. The molecule has 2 atom stereocenters. The van der Waals surface area contributed by atoms with Crippen LogP contribution in [0.5, 0.6) is 0 Å². The van der Waals surface area contributed by atoms with Crippen molar-refractivity contribution >= 4 is 43.0 Å². The lowest BCUT2D eigenvalue weighted by atomic mass is 10.7. The van der Waals surface area contributed by atoms with Gasteiger partial charge >= 0.3 is 31.7 Å². The van der Waals surface area contributed by atoms with Crippen molar-refractivity contribution < 1.29 is 37.5 Å². The largest absolute Gasteiger partial charge is 0.617 e. The molecule has 0 saturated carbocycles. The summed E-state index contributed by atoms with van der Waals surface area (Å²) in [4.78, 5) is 28.4. The van der Waals surface area contributed by atoms with Crippen LogP contribution in [0.3, 0.4) is 0 Å². The predicted octanol–water partition coefficient (Wildman–Crippen LogP) is 1.58. The van der Waals surface area contributed by atoms with Gasteiger partial charge in [0, 0.05) is 11.4 Å². The van der Waals surface area contributed by atoms with Gasteiger partial charge in [0.15, 0.2) is 0 Å². The van der Waals surface area contributed by atoms with Crippen molar-refractivity contribution in [3.8, 4) is 0 Å². The summed E-state index contributed by atoms with van der Waals surface area (Å²) in [5.74, 6) is -1.08. The molecule has 12 heteroatoms. The van der Waals surface area contributed by atoms with E-state index >= 15 is 0 Å². The average molecular weight is 311 g/mol. The Morgan fingerprint density at radius 3 is 2.50 bits per heavy atom. The number of carbonyl (C=O) groups excluding carboxylic acids is 1. The maximum absolute atomic E-state index is 11.1. The van der Waals surface area contributed by atoms with Gasteiger partial charge in [0.2, 0.25) is 0 Å². The van der Waals surface area contributed by atoms with E-state index in [2.05, 4.69) is 9.26 Å². The van der Waals surface area contributed by atoms with Crippen molar-refractivity contribution in [3.63, 3.8) is 0 Å². The fraction of sp³-hybridized carbons (Fsp3) is 0.750. The molecule has 0 aromatic carbocycles. The van der Waals surface area contributed by atoms with Gasteiger partial charge in [0.05, 0.1) is 6.61 Å². The van der Waals surface area contributed by atoms with Crippen LogP contribution in [0, 0.1) is 0 Å². The second-order valence-electron chi connectivity index (χ2n) is 2.09. The quantitative estimate of drug-likeness (QED) is 0.275. The number of hydrogen-bond acceptors (Lipinski definition) is 8. The van der Waals surface area contributed by atoms with E-state index in [1.54, 1.807) is 0 Å². The van der Waals surface area contributed by atoms with E-state index in [0.29, 0.717) is 0 Å². The Balaban J connectivity index is 4.56. The highest BCUT2D eigenvalue weighted by Crippen LogP contribution is 2.55. The van der Waals surface area contributed by atoms with Crippen LogP contribution in [0.1, 0.15) is 6.92 Å². The molecule has 0 rings (SSSR count). The molecule has 0 fully saturated rings. The van der Waals surface area contributed by atoms with Crippen LogP contribution in [0.15, 0.2) is 0 Å². The third-order valence-electron chi connectivity index (χ3n) is 0.961. The van der Waals surface area contributed by atoms with E-state index in [4.69, 9.17) is 14.3 Å². The van der Waals surface area contributed by atoms with Crippen molar-refractivity contribution in [1.82, 2.24) is 0 Å². The molecule has 0 heterocycles. The summed E-state index contributed by atoms with van der Waals surface area (Å²) in [5, 5.41) is 0. The van der Waals surface area contributed by atoms with Gasteiger partial charge in [-0.25, -0.2) is 9.36 Å². The number of esters is 1.